The molecule has 0 aliphatic carbocycles. The van der Waals surface area contributed by atoms with E-state index in [-0.39, 0.29) is 12.6 Å². The zero-order chi connectivity index (χ0) is 8.53. The number of hydrogen-bond donors (Lipinski definition) is 1. The van der Waals surface area contributed by atoms with Crippen molar-refractivity contribution in [2.75, 3.05) is 19.0 Å². The summed E-state index contributed by atoms with van der Waals surface area (Å²) < 4.78 is 16.2. The molecule has 0 saturated heterocycles. The Kier molecular flexibility index (Phi) is 7.67. The molecule has 2 nitrogen and oxygen atoms in total. The number of carbonyl (C=O) groups is 1. The molecule has 0 spiro atoms. The first-order valence-corrected chi connectivity index (χ1v) is 4.27. The van der Waals surface area contributed by atoms with Crippen LogP contribution in [0.4, 0.5) is 4.39 Å². The van der Waals surface area contributed by atoms with Gasteiger partial charge in [-0.2, -0.15) is 12.6 Å². The van der Waals surface area contributed by atoms with Gasteiger partial charge in [-0.05, 0) is 12.8 Å². The molecular formula is C7H13FO2S. The lowest BCUT2D eigenvalue weighted by atomic mass is 10.3. The molecule has 0 atom stereocenters. The quantitative estimate of drug-likeness (QED) is 0.382. The lowest BCUT2D eigenvalue weighted by molar-refractivity contribution is -0.143. The molecule has 11 heavy (non-hydrogen) atoms. The minimum absolute atomic E-state index is 0.251. The molecule has 0 saturated carbocycles. The minimum Gasteiger partial charge on any atom is -0.466 e. The second-order valence-corrected chi connectivity index (χ2v) is 2.54. The van der Waals surface area contributed by atoms with Crippen molar-refractivity contribution < 1.29 is 13.9 Å². The Morgan fingerprint density at radius 2 is 2.18 bits per heavy atom. The number of carbonyl (C=O) groups excluding carboxylic acids is 1. The molecule has 4 heteroatoms. The third-order valence-electron chi connectivity index (χ3n) is 1.11. The Bertz CT molecular complexity index is 109. The monoisotopic (exact) mass is 180 g/mol. The highest BCUT2D eigenvalue weighted by molar-refractivity contribution is 7.80. The molecule has 0 aromatic heterocycles. The zero-order valence-corrected chi connectivity index (χ0v) is 7.28. The lowest BCUT2D eigenvalue weighted by Crippen LogP contribution is -2.06. The van der Waals surface area contributed by atoms with E-state index in [1.807, 2.05) is 0 Å². The van der Waals surface area contributed by atoms with Crippen LogP contribution in [0.5, 0.6) is 0 Å². The molecule has 0 aromatic carbocycles. The highest BCUT2D eigenvalue weighted by Crippen LogP contribution is 1.94. The van der Waals surface area contributed by atoms with Crippen molar-refractivity contribution in [3.05, 3.63) is 0 Å². The largest absolute Gasteiger partial charge is 0.466 e. The molecular weight excluding hydrogens is 167 g/mol. The van der Waals surface area contributed by atoms with Crippen LogP contribution >= 0.6 is 12.6 Å². The number of rotatable bonds is 6. The molecule has 0 unspecified atom stereocenters. The second-order valence-electron chi connectivity index (χ2n) is 2.09. The average molecular weight is 180 g/mol. The second kappa shape index (κ2) is 7.85. The summed E-state index contributed by atoms with van der Waals surface area (Å²) in [5.41, 5.74) is 0. The molecule has 0 heterocycles. The van der Waals surface area contributed by atoms with E-state index in [0.29, 0.717) is 31.6 Å². The first kappa shape index (κ1) is 10.8. The fraction of sp³-hybridized carbons (Fsp3) is 0.857. The van der Waals surface area contributed by atoms with Gasteiger partial charge in [0.05, 0.1) is 19.7 Å². The number of hydrogen-bond acceptors (Lipinski definition) is 3. The lowest BCUT2D eigenvalue weighted by Gasteiger charge is -2.01. The maximum absolute atomic E-state index is 11.5. The molecule has 0 bridgehead atoms. The topological polar surface area (TPSA) is 26.3 Å². The molecule has 0 aliphatic heterocycles. The van der Waals surface area contributed by atoms with Gasteiger partial charge in [0.2, 0.25) is 0 Å². The molecule has 0 N–H and O–H groups in total. The van der Waals surface area contributed by atoms with Crippen molar-refractivity contribution in [3.63, 3.8) is 0 Å². The molecule has 0 rings (SSSR count). The highest BCUT2D eigenvalue weighted by atomic mass is 32.1. The van der Waals surface area contributed by atoms with E-state index in [4.69, 9.17) is 4.74 Å². The van der Waals surface area contributed by atoms with Gasteiger partial charge in [-0.3, -0.25) is 9.18 Å². The molecule has 0 aromatic rings. The van der Waals surface area contributed by atoms with E-state index in [1.165, 1.54) is 0 Å². The number of ether oxygens (including phenoxy) is 1. The van der Waals surface area contributed by atoms with Gasteiger partial charge in [0, 0.05) is 5.75 Å². The van der Waals surface area contributed by atoms with Crippen LogP contribution in [0.15, 0.2) is 0 Å². The van der Waals surface area contributed by atoms with Crippen molar-refractivity contribution in [1.29, 1.82) is 0 Å². The number of thiol groups is 1. The van der Waals surface area contributed by atoms with Crippen LogP contribution < -0.4 is 0 Å². The van der Waals surface area contributed by atoms with Crippen molar-refractivity contribution in [2.24, 2.45) is 0 Å². The molecule has 0 radical (unpaired) electrons. The van der Waals surface area contributed by atoms with E-state index in [9.17, 15) is 9.18 Å². The summed E-state index contributed by atoms with van der Waals surface area (Å²) in [6.07, 6.45) is 1.40. The van der Waals surface area contributed by atoms with E-state index in [0.717, 1.165) is 0 Å². The predicted molar refractivity (Wildman–Crippen MR) is 44.6 cm³/mol. The Morgan fingerprint density at radius 3 is 2.73 bits per heavy atom. The Labute approximate surface area is 71.5 Å². The Morgan fingerprint density at radius 1 is 1.45 bits per heavy atom. The van der Waals surface area contributed by atoms with E-state index in [1.54, 1.807) is 0 Å². The highest BCUT2D eigenvalue weighted by Gasteiger charge is 1.99. The van der Waals surface area contributed by atoms with Gasteiger partial charge in [-0.25, -0.2) is 0 Å². The fourth-order valence-corrected chi connectivity index (χ4v) is 0.729. The van der Waals surface area contributed by atoms with Crippen LogP contribution in [-0.2, 0) is 9.53 Å². The number of alkyl halides is 1. The Hall–Kier alpha value is -0.250. The SMILES string of the molecule is O=C(CCS)OCCCCF. The first-order valence-electron chi connectivity index (χ1n) is 3.63. The van der Waals surface area contributed by atoms with Gasteiger partial charge >= 0.3 is 5.97 Å². The molecule has 0 amide bonds. The molecule has 0 aliphatic rings. The molecule has 0 fully saturated rings. The number of esters is 1. The van der Waals surface area contributed by atoms with Crippen LogP contribution in [0.1, 0.15) is 19.3 Å². The van der Waals surface area contributed by atoms with Gasteiger partial charge in [0.1, 0.15) is 0 Å². The average Bonchev–Trinajstić information content (AvgIpc) is 1.99. The predicted octanol–water partition coefficient (Wildman–Crippen LogP) is 1.60. The smallest absolute Gasteiger partial charge is 0.306 e. The van der Waals surface area contributed by atoms with Gasteiger partial charge in [0.25, 0.3) is 0 Å². The minimum atomic E-state index is -0.343. The van der Waals surface area contributed by atoms with Crippen LogP contribution in [0.2, 0.25) is 0 Å². The van der Waals surface area contributed by atoms with E-state index in [2.05, 4.69) is 12.6 Å². The third-order valence-corrected chi connectivity index (χ3v) is 1.33. The van der Waals surface area contributed by atoms with Crippen LogP contribution in [-0.4, -0.2) is 25.0 Å². The summed E-state index contributed by atoms with van der Waals surface area (Å²) >= 11 is 3.86. The number of halogens is 1. The summed E-state index contributed by atoms with van der Waals surface area (Å²) in [5, 5.41) is 0. The maximum Gasteiger partial charge on any atom is 0.306 e. The summed E-state index contributed by atoms with van der Waals surface area (Å²) in [6, 6.07) is 0. The van der Waals surface area contributed by atoms with Crippen molar-refractivity contribution in [2.45, 2.75) is 19.3 Å². The summed E-state index contributed by atoms with van der Waals surface area (Å²) in [7, 11) is 0. The number of unbranched alkanes of at least 4 members (excludes halogenated alkanes) is 1. The van der Waals surface area contributed by atoms with Gasteiger partial charge in [-0.1, -0.05) is 0 Å². The van der Waals surface area contributed by atoms with Gasteiger partial charge in [-0.15, -0.1) is 0 Å². The van der Waals surface area contributed by atoms with Crippen molar-refractivity contribution in [1.82, 2.24) is 0 Å². The van der Waals surface area contributed by atoms with Crippen molar-refractivity contribution >= 4 is 18.6 Å². The fourth-order valence-electron chi connectivity index (χ4n) is 0.546. The van der Waals surface area contributed by atoms with Crippen LogP contribution in [0.25, 0.3) is 0 Å². The van der Waals surface area contributed by atoms with Gasteiger partial charge < -0.3 is 4.74 Å². The molecule has 66 valence electrons. The zero-order valence-electron chi connectivity index (χ0n) is 6.38. The van der Waals surface area contributed by atoms with Crippen LogP contribution in [0.3, 0.4) is 0 Å². The van der Waals surface area contributed by atoms with Crippen molar-refractivity contribution in [3.8, 4) is 0 Å². The van der Waals surface area contributed by atoms with E-state index >= 15 is 0 Å². The summed E-state index contributed by atoms with van der Waals surface area (Å²) in [6.45, 7) is -0.0132. The maximum atomic E-state index is 11.5. The Balaban J connectivity index is 3.04. The standard InChI is InChI=1S/C7H13FO2S/c8-4-1-2-5-10-7(9)3-6-11/h11H,1-6H2. The summed E-state index contributed by atoms with van der Waals surface area (Å²) in [5.74, 6) is 0.251. The summed E-state index contributed by atoms with van der Waals surface area (Å²) in [4.78, 5) is 10.6. The normalized spacial score (nSPS) is 9.64. The third kappa shape index (κ3) is 7.65. The van der Waals surface area contributed by atoms with Gasteiger partial charge in [0.15, 0.2) is 0 Å². The van der Waals surface area contributed by atoms with E-state index < -0.39 is 0 Å². The van der Waals surface area contributed by atoms with Crippen LogP contribution in [0, 0.1) is 0 Å². The first-order chi connectivity index (χ1) is 5.31.